The van der Waals surface area contributed by atoms with Gasteiger partial charge < -0.3 is 21.0 Å². The standard InChI is InChI=1S/C5H6N2O2.C3H5NO2.C2H4O2.C2H4O.CH4.H3N/c1-4-2-6-3-5(4)7(8)9;1-2-3-4(5)6;1-2(3)4;1-2-3;;/h2-3,6H,1H3;2-3H,1H3;1H3,(H,3,4);2H,1H3;1H4;1H3/b;3-2+;;;;. The number of carboxylic acid groups (broad SMARTS) is 1. The average Bonchev–Trinajstić information content (AvgIpc) is 2.76. The Labute approximate surface area is 140 Å². The van der Waals surface area contributed by atoms with Gasteiger partial charge in [0, 0.05) is 18.7 Å². The Morgan fingerprint density at radius 1 is 1.25 bits per heavy atom. The molecule has 0 fully saturated rings. The van der Waals surface area contributed by atoms with E-state index in [-0.39, 0.29) is 19.3 Å². The van der Waals surface area contributed by atoms with Gasteiger partial charge in [0.25, 0.3) is 11.7 Å². The number of carbonyl (C=O) groups excluding carboxylic acids is 1. The number of H-pyrrole nitrogens is 1. The lowest BCUT2D eigenvalue weighted by molar-refractivity contribution is -0.402. The molecule has 1 aromatic heterocycles. The summed E-state index contributed by atoms with van der Waals surface area (Å²) in [4.78, 5) is 38.9. The maximum absolute atomic E-state index is 10.1. The predicted molar refractivity (Wildman–Crippen MR) is 90.8 cm³/mol. The van der Waals surface area contributed by atoms with Gasteiger partial charge in [-0.25, -0.2) is 0 Å². The van der Waals surface area contributed by atoms with Crippen LogP contribution in [0.4, 0.5) is 5.69 Å². The van der Waals surface area contributed by atoms with E-state index in [0.29, 0.717) is 5.56 Å². The molecule has 0 aliphatic rings. The van der Waals surface area contributed by atoms with Gasteiger partial charge in [-0.05, 0) is 26.8 Å². The largest absolute Gasteiger partial charge is 0.481 e. The highest BCUT2D eigenvalue weighted by molar-refractivity contribution is 5.62. The SMILES string of the molecule is C.C/C=C/[N+](=O)[O-].CC(=O)O.CC=O.Cc1c[nH]cc1[N+](=O)[O-].N. The van der Waals surface area contributed by atoms with E-state index in [0.717, 1.165) is 19.4 Å². The fourth-order valence-electron chi connectivity index (χ4n) is 0.752. The number of aliphatic carboxylic acids is 1. The van der Waals surface area contributed by atoms with Gasteiger partial charge in [0.15, 0.2) is 0 Å². The van der Waals surface area contributed by atoms with Crippen molar-refractivity contribution in [3.63, 3.8) is 0 Å². The van der Waals surface area contributed by atoms with Crippen LogP contribution in [0.3, 0.4) is 0 Å². The lowest BCUT2D eigenvalue weighted by atomic mass is 10.3. The number of nitrogens with one attached hydrogen (secondary N) is 1. The van der Waals surface area contributed by atoms with E-state index in [4.69, 9.17) is 14.7 Å². The van der Waals surface area contributed by atoms with E-state index in [9.17, 15) is 20.2 Å². The molecule has 1 rings (SSSR count). The fraction of sp³-hybridized carbons (Fsp3) is 0.385. The highest BCUT2D eigenvalue weighted by Crippen LogP contribution is 2.14. The lowest BCUT2D eigenvalue weighted by Gasteiger charge is -1.83. The van der Waals surface area contributed by atoms with Crippen molar-refractivity contribution in [1.29, 1.82) is 0 Å². The van der Waals surface area contributed by atoms with Gasteiger partial charge >= 0.3 is 0 Å². The normalized spacial score (nSPS) is 7.50. The number of aldehydes is 1. The molecule has 0 unspecified atom stereocenters. The quantitative estimate of drug-likeness (QED) is 0.411. The topological polar surface area (TPSA) is 191 Å². The van der Waals surface area contributed by atoms with E-state index in [1.165, 1.54) is 19.2 Å². The highest BCUT2D eigenvalue weighted by atomic mass is 16.6. The van der Waals surface area contributed by atoms with Crippen LogP contribution in [-0.2, 0) is 9.59 Å². The lowest BCUT2D eigenvalue weighted by Crippen LogP contribution is -1.85. The highest BCUT2D eigenvalue weighted by Gasteiger charge is 2.08. The Morgan fingerprint density at radius 2 is 1.62 bits per heavy atom. The molecule has 1 heterocycles. The van der Waals surface area contributed by atoms with Crippen LogP contribution < -0.4 is 6.15 Å². The summed E-state index contributed by atoms with van der Waals surface area (Å²) in [5, 5.41) is 26.8. The zero-order valence-corrected chi connectivity index (χ0v) is 13.4. The third kappa shape index (κ3) is 31.4. The maximum atomic E-state index is 10.1. The number of hydrogen-bond acceptors (Lipinski definition) is 7. The molecule has 0 radical (unpaired) electrons. The van der Waals surface area contributed by atoms with E-state index in [1.54, 1.807) is 20.0 Å². The Kier molecular flexibility index (Phi) is 30.3. The minimum Gasteiger partial charge on any atom is -0.481 e. The van der Waals surface area contributed by atoms with Crippen LogP contribution in [0.2, 0.25) is 0 Å². The molecule has 24 heavy (non-hydrogen) atoms. The monoisotopic (exact) mass is 350 g/mol. The molecule has 11 heteroatoms. The van der Waals surface area contributed by atoms with Gasteiger partial charge in [-0.3, -0.25) is 25.0 Å². The van der Waals surface area contributed by atoms with Crippen LogP contribution in [0.1, 0.15) is 33.8 Å². The molecule has 0 bridgehead atoms. The van der Waals surface area contributed by atoms with Crippen molar-refractivity contribution >= 4 is 17.9 Å². The fourth-order valence-corrected chi connectivity index (χ4v) is 0.752. The van der Waals surface area contributed by atoms with Crippen molar-refractivity contribution in [1.82, 2.24) is 11.1 Å². The molecule has 0 saturated carbocycles. The molecule has 0 atom stereocenters. The van der Waals surface area contributed by atoms with Crippen molar-refractivity contribution in [3.05, 3.63) is 50.5 Å². The van der Waals surface area contributed by atoms with E-state index < -0.39 is 15.8 Å². The molecule has 11 nitrogen and oxygen atoms in total. The number of carbonyl (C=O) groups is 2. The summed E-state index contributed by atoms with van der Waals surface area (Å²) in [7, 11) is 0. The number of nitrogens with zero attached hydrogens (tertiary/aromatic N) is 2. The Bertz CT molecular complexity index is 494. The summed E-state index contributed by atoms with van der Waals surface area (Å²) in [6.07, 6.45) is 5.98. The molecule has 0 saturated heterocycles. The number of rotatable bonds is 2. The molecule has 0 aromatic carbocycles. The van der Waals surface area contributed by atoms with E-state index in [2.05, 4.69) is 4.98 Å². The van der Waals surface area contributed by atoms with Crippen LogP contribution in [-0.4, -0.2) is 32.2 Å². The first-order chi connectivity index (χ1) is 10.1. The van der Waals surface area contributed by atoms with Crippen molar-refractivity contribution in [2.45, 2.75) is 35.1 Å². The maximum Gasteiger partial charge on any atom is 0.300 e. The second kappa shape index (κ2) is 22.2. The molecule has 0 spiro atoms. The van der Waals surface area contributed by atoms with Gasteiger partial charge in [-0.1, -0.05) is 7.43 Å². The van der Waals surface area contributed by atoms with E-state index in [1.807, 2.05) is 0 Å². The first kappa shape index (κ1) is 32.8. The van der Waals surface area contributed by atoms with Crippen LogP contribution in [0.15, 0.2) is 24.7 Å². The van der Waals surface area contributed by atoms with Crippen molar-refractivity contribution in [2.75, 3.05) is 0 Å². The predicted octanol–water partition coefficient (Wildman–Crippen LogP) is 3.12. The summed E-state index contributed by atoms with van der Waals surface area (Å²) in [5.74, 6) is -0.833. The first-order valence-electron chi connectivity index (χ1n) is 5.77. The van der Waals surface area contributed by atoms with Gasteiger partial charge in [0.2, 0.25) is 6.20 Å². The zero-order chi connectivity index (χ0) is 18.1. The number of aromatic amines is 1. The number of allylic oxidation sites excluding steroid dienone is 1. The van der Waals surface area contributed by atoms with Crippen LogP contribution in [0.5, 0.6) is 0 Å². The smallest absolute Gasteiger partial charge is 0.300 e. The number of hydrogen-bond donors (Lipinski definition) is 3. The second-order valence-corrected chi connectivity index (χ2v) is 3.30. The van der Waals surface area contributed by atoms with Crippen molar-refractivity contribution < 1.29 is 24.5 Å². The Hall–Kier alpha value is -3.08. The number of aryl methyl sites for hydroxylation is 1. The Balaban J connectivity index is -0.0000000711. The molecule has 0 aliphatic carbocycles. The van der Waals surface area contributed by atoms with Crippen LogP contribution in [0.25, 0.3) is 0 Å². The van der Waals surface area contributed by atoms with Crippen LogP contribution in [0, 0.1) is 27.2 Å². The summed E-state index contributed by atoms with van der Waals surface area (Å²) < 4.78 is 0. The molecule has 0 amide bonds. The van der Waals surface area contributed by atoms with Gasteiger partial charge in [0.1, 0.15) is 6.29 Å². The minimum absolute atomic E-state index is 0. The minimum atomic E-state index is -0.833. The molecule has 1 aromatic rings. The third-order valence-electron chi connectivity index (χ3n) is 1.39. The van der Waals surface area contributed by atoms with Gasteiger partial charge in [0.05, 0.1) is 16.0 Å². The number of aromatic nitrogens is 1. The molecule has 0 aliphatic heterocycles. The molecule has 5 N–H and O–H groups in total. The summed E-state index contributed by atoms with van der Waals surface area (Å²) >= 11 is 0. The zero-order valence-electron chi connectivity index (χ0n) is 13.4. The van der Waals surface area contributed by atoms with Gasteiger partial charge in [-0.2, -0.15) is 0 Å². The average molecular weight is 350 g/mol. The molecular weight excluding hydrogens is 324 g/mol. The molecule has 140 valence electrons. The summed E-state index contributed by atoms with van der Waals surface area (Å²) in [5.41, 5.74) is 0.815. The second-order valence-electron chi connectivity index (χ2n) is 3.30. The van der Waals surface area contributed by atoms with Gasteiger partial charge in [-0.15, -0.1) is 0 Å². The van der Waals surface area contributed by atoms with Crippen LogP contribution >= 0.6 is 0 Å². The van der Waals surface area contributed by atoms with E-state index >= 15 is 0 Å². The number of carboxylic acids is 1. The molecular formula is C13H26N4O7. The number of nitro groups is 2. The van der Waals surface area contributed by atoms with Crippen molar-refractivity contribution in [3.8, 4) is 0 Å². The van der Waals surface area contributed by atoms with Crippen molar-refractivity contribution in [2.24, 2.45) is 0 Å². The summed E-state index contributed by atoms with van der Waals surface area (Å²) in [6, 6.07) is 0. The Morgan fingerprint density at radius 3 is 1.71 bits per heavy atom. The first-order valence-corrected chi connectivity index (χ1v) is 5.77. The third-order valence-corrected chi connectivity index (χ3v) is 1.39. The summed E-state index contributed by atoms with van der Waals surface area (Å²) in [6.45, 7) is 5.82.